The molecule has 3 rings (SSSR count). The molecule has 1 aromatic heterocycles. The van der Waals surface area contributed by atoms with Crippen molar-refractivity contribution < 1.29 is 24.0 Å². The van der Waals surface area contributed by atoms with E-state index in [4.69, 9.17) is 4.52 Å². The number of rotatable bonds is 6. The summed E-state index contributed by atoms with van der Waals surface area (Å²) >= 11 is 1.23. The minimum absolute atomic E-state index is 0.0464. The molecular weight excluding hydrogens is 358 g/mol. The smallest absolute Gasteiger partial charge is 0.311 e. The van der Waals surface area contributed by atoms with Gasteiger partial charge in [0.15, 0.2) is 5.82 Å². The van der Waals surface area contributed by atoms with Crippen molar-refractivity contribution in [2.24, 2.45) is 11.3 Å². The van der Waals surface area contributed by atoms with Crippen molar-refractivity contribution >= 4 is 35.4 Å². The molecule has 0 radical (unpaired) electrons. The van der Waals surface area contributed by atoms with E-state index in [0.29, 0.717) is 24.5 Å². The highest BCUT2D eigenvalue weighted by Gasteiger charge is 2.55. The molecule has 1 aliphatic heterocycles. The molecule has 1 saturated carbocycles. The summed E-state index contributed by atoms with van der Waals surface area (Å²) in [6.45, 7) is 4.24. The number of anilines is 1. The fourth-order valence-corrected chi connectivity index (χ4v) is 4.63. The molecule has 26 heavy (non-hydrogen) atoms. The number of thioether (sulfide) groups is 1. The summed E-state index contributed by atoms with van der Waals surface area (Å²) in [5.41, 5.74) is -0.770. The average Bonchev–Trinajstić information content (AvgIpc) is 3.26. The second-order valence-electron chi connectivity index (χ2n) is 7.09. The number of hydrogen-bond acceptors (Lipinski definition) is 6. The van der Waals surface area contributed by atoms with Crippen LogP contribution in [0.2, 0.25) is 0 Å². The van der Waals surface area contributed by atoms with Crippen LogP contribution in [0, 0.1) is 18.3 Å². The maximum Gasteiger partial charge on any atom is 0.311 e. The maximum atomic E-state index is 12.5. The van der Waals surface area contributed by atoms with E-state index < -0.39 is 16.6 Å². The second-order valence-corrected chi connectivity index (χ2v) is 8.42. The molecule has 2 amide bonds. The highest BCUT2D eigenvalue weighted by atomic mass is 32.2. The maximum absolute atomic E-state index is 12.5. The first-order chi connectivity index (χ1) is 12.3. The van der Waals surface area contributed by atoms with Gasteiger partial charge in [0.05, 0.1) is 16.4 Å². The van der Waals surface area contributed by atoms with Crippen molar-refractivity contribution in [3.8, 4) is 0 Å². The van der Waals surface area contributed by atoms with E-state index in [2.05, 4.69) is 10.5 Å². The van der Waals surface area contributed by atoms with Crippen molar-refractivity contribution in [2.75, 3.05) is 24.2 Å². The summed E-state index contributed by atoms with van der Waals surface area (Å²) in [6, 6.07) is 1.62. The van der Waals surface area contributed by atoms with Crippen LogP contribution in [0.4, 0.5) is 5.82 Å². The predicted molar refractivity (Wildman–Crippen MR) is 95.8 cm³/mol. The third-order valence-electron chi connectivity index (χ3n) is 5.35. The van der Waals surface area contributed by atoms with Gasteiger partial charge in [0.2, 0.25) is 11.8 Å². The Labute approximate surface area is 155 Å². The molecule has 2 heterocycles. The molecule has 0 spiro atoms. The van der Waals surface area contributed by atoms with Crippen molar-refractivity contribution in [1.29, 1.82) is 0 Å². The minimum Gasteiger partial charge on any atom is -0.481 e. The van der Waals surface area contributed by atoms with Crippen LogP contribution in [0.3, 0.4) is 0 Å². The van der Waals surface area contributed by atoms with E-state index in [-0.39, 0.29) is 30.0 Å². The first-order valence-electron chi connectivity index (χ1n) is 8.69. The van der Waals surface area contributed by atoms with Gasteiger partial charge in [-0.15, -0.1) is 11.8 Å². The molecule has 0 bridgehead atoms. The number of likely N-dealkylation sites (tertiary alicyclic amines) is 1. The summed E-state index contributed by atoms with van der Waals surface area (Å²) in [6.07, 6.45) is 2.41. The molecule has 9 heteroatoms. The highest BCUT2D eigenvalue weighted by molar-refractivity contribution is 8.01. The molecular formula is C17H23N3O5S. The number of carboxylic acid groups (broad SMARTS) is 1. The zero-order valence-corrected chi connectivity index (χ0v) is 15.7. The number of fused-ring (bicyclic) bond motifs is 1. The summed E-state index contributed by atoms with van der Waals surface area (Å²) in [7, 11) is 0. The Hall–Kier alpha value is -2.03. The number of amides is 2. The molecule has 8 nitrogen and oxygen atoms in total. The zero-order valence-electron chi connectivity index (χ0n) is 14.9. The lowest BCUT2D eigenvalue weighted by molar-refractivity contribution is -0.149. The van der Waals surface area contributed by atoms with Crippen molar-refractivity contribution in [3.63, 3.8) is 0 Å². The SMILES string of the molecule is Cc1cc(NC(=O)C(C)SCC(=O)N2C[C@@H]3CCC[C@@]3(C(=O)O)C2)no1. The lowest BCUT2D eigenvalue weighted by Gasteiger charge is -2.23. The molecule has 2 N–H and O–H groups in total. The lowest BCUT2D eigenvalue weighted by atomic mass is 9.81. The van der Waals surface area contributed by atoms with Gasteiger partial charge in [-0.1, -0.05) is 11.6 Å². The first kappa shape index (κ1) is 18.8. The molecule has 1 aliphatic carbocycles. The van der Waals surface area contributed by atoms with Crippen molar-refractivity contribution in [2.45, 2.75) is 38.4 Å². The van der Waals surface area contributed by atoms with Crippen LogP contribution in [0.15, 0.2) is 10.6 Å². The molecule has 2 fully saturated rings. The summed E-state index contributed by atoms with van der Waals surface area (Å²) in [5, 5.41) is 15.5. The Morgan fingerprint density at radius 1 is 1.54 bits per heavy atom. The van der Waals surface area contributed by atoms with E-state index >= 15 is 0 Å². The normalized spacial score (nSPS) is 25.8. The van der Waals surface area contributed by atoms with E-state index in [1.807, 2.05) is 0 Å². The highest BCUT2D eigenvalue weighted by Crippen LogP contribution is 2.48. The van der Waals surface area contributed by atoms with Gasteiger partial charge >= 0.3 is 5.97 Å². The third kappa shape index (κ3) is 3.58. The fourth-order valence-electron chi connectivity index (χ4n) is 3.85. The monoisotopic (exact) mass is 381 g/mol. The van der Waals surface area contributed by atoms with Crippen LogP contribution in [0.25, 0.3) is 0 Å². The summed E-state index contributed by atoms with van der Waals surface area (Å²) in [4.78, 5) is 38.0. The number of carboxylic acids is 1. The van der Waals surface area contributed by atoms with Crippen molar-refractivity contribution in [1.82, 2.24) is 10.1 Å². The molecule has 142 valence electrons. The van der Waals surface area contributed by atoms with Crippen LogP contribution in [-0.4, -0.2) is 57.0 Å². The number of carbonyl (C=O) groups is 3. The molecule has 1 aromatic rings. The Morgan fingerprint density at radius 3 is 2.92 bits per heavy atom. The van der Waals surface area contributed by atoms with E-state index in [0.717, 1.165) is 12.8 Å². The zero-order chi connectivity index (χ0) is 18.9. The van der Waals surface area contributed by atoms with E-state index in [1.165, 1.54) is 11.8 Å². The number of nitrogens with one attached hydrogen (secondary N) is 1. The van der Waals surface area contributed by atoms with Crippen LogP contribution in [-0.2, 0) is 14.4 Å². The summed E-state index contributed by atoms with van der Waals surface area (Å²) < 4.78 is 4.90. The van der Waals surface area contributed by atoms with Crippen LogP contribution in [0.1, 0.15) is 31.9 Å². The Kier molecular flexibility index (Phi) is 5.27. The van der Waals surface area contributed by atoms with Gasteiger partial charge in [0.25, 0.3) is 0 Å². The number of hydrogen-bond donors (Lipinski definition) is 2. The van der Waals surface area contributed by atoms with Crippen LogP contribution >= 0.6 is 11.8 Å². The van der Waals surface area contributed by atoms with Gasteiger partial charge in [0.1, 0.15) is 5.76 Å². The van der Waals surface area contributed by atoms with Crippen LogP contribution in [0.5, 0.6) is 0 Å². The molecule has 3 atom stereocenters. The number of nitrogens with zero attached hydrogens (tertiary/aromatic N) is 2. The Bertz CT molecular complexity index is 721. The Morgan fingerprint density at radius 2 is 2.31 bits per heavy atom. The molecule has 2 aliphatic rings. The Balaban J connectivity index is 1.49. The van der Waals surface area contributed by atoms with Gasteiger partial charge in [0, 0.05) is 19.2 Å². The molecule has 1 unspecified atom stereocenters. The van der Waals surface area contributed by atoms with E-state index in [9.17, 15) is 19.5 Å². The largest absolute Gasteiger partial charge is 0.481 e. The van der Waals surface area contributed by atoms with Gasteiger partial charge in [-0.05, 0) is 32.6 Å². The minimum atomic E-state index is -0.793. The van der Waals surface area contributed by atoms with Gasteiger partial charge in [-0.2, -0.15) is 0 Å². The van der Waals surface area contributed by atoms with Crippen molar-refractivity contribution in [3.05, 3.63) is 11.8 Å². The quantitative estimate of drug-likeness (QED) is 0.772. The molecule has 1 saturated heterocycles. The van der Waals surface area contributed by atoms with Gasteiger partial charge < -0.3 is 19.8 Å². The number of aromatic nitrogens is 1. The van der Waals surface area contributed by atoms with Gasteiger partial charge in [-0.3, -0.25) is 14.4 Å². The standard InChI is InChI=1S/C17H23N3O5S/c1-10-6-13(19-25-10)18-15(22)11(2)26-8-14(21)20-7-12-4-3-5-17(12,9-20)16(23)24/h6,11-12H,3-5,7-9H2,1-2H3,(H,23,24)(H,18,19,22)/t11?,12-,17+/m0/s1. The summed E-state index contributed by atoms with van der Waals surface area (Å²) in [5.74, 6) is -0.0127. The average molecular weight is 381 g/mol. The number of carbonyl (C=O) groups excluding carboxylic acids is 2. The van der Waals surface area contributed by atoms with E-state index in [1.54, 1.807) is 24.8 Å². The lowest BCUT2D eigenvalue weighted by Crippen LogP contribution is -2.38. The number of aryl methyl sites for hydroxylation is 1. The first-order valence-corrected chi connectivity index (χ1v) is 9.73. The van der Waals surface area contributed by atoms with Gasteiger partial charge in [-0.25, -0.2) is 0 Å². The predicted octanol–water partition coefficient (Wildman–Crippen LogP) is 1.76. The second kappa shape index (κ2) is 7.30. The molecule has 0 aromatic carbocycles. The topological polar surface area (TPSA) is 113 Å². The third-order valence-corrected chi connectivity index (χ3v) is 6.48. The van der Waals surface area contributed by atoms with Crippen LogP contribution < -0.4 is 5.32 Å². The fraction of sp³-hybridized carbons (Fsp3) is 0.647. The number of aliphatic carboxylic acids is 1.